The number of aromatic carboxylic acids is 1. The van der Waals surface area contributed by atoms with Crippen LogP contribution in [0.2, 0.25) is 5.02 Å². The molecule has 3 rings (SSSR count). The summed E-state index contributed by atoms with van der Waals surface area (Å²) in [5.41, 5.74) is 3.57. The van der Waals surface area contributed by atoms with Crippen LogP contribution in [-0.2, 0) is 6.61 Å². The van der Waals surface area contributed by atoms with Gasteiger partial charge in [0.25, 0.3) is 0 Å². The largest absolute Gasteiger partial charge is 0.487 e. The van der Waals surface area contributed by atoms with Crippen molar-refractivity contribution in [3.05, 3.63) is 90.8 Å². The van der Waals surface area contributed by atoms with Crippen LogP contribution in [0.5, 0.6) is 5.75 Å². The zero-order valence-electron chi connectivity index (χ0n) is 15.3. The number of aliphatic imine (C=N–C) groups is 1. The van der Waals surface area contributed by atoms with Gasteiger partial charge in [0.1, 0.15) is 12.4 Å². The van der Waals surface area contributed by atoms with Gasteiger partial charge in [-0.15, -0.1) is 0 Å². The van der Waals surface area contributed by atoms with Gasteiger partial charge in [-0.3, -0.25) is 4.99 Å². The monoisotopic (exact) mass is 535 g/mol. The lowest BCUT2D eigenvalue weighted by Gasteiger charge is -2.12. The Hall–Kier alpha value is -2.15. The molecule has 29 heavy (non-hydrogen) atoms. The van der Waals surface area contributed by atoms with E-state index in [4.69, 9.17) is 21.4 Å². The molecule has 3 aromatic rings. The standard InChI is InChI=1S/C22H16Br2ClNO3/c1-13-19(25)3-2-4-20(13)26-11-16-9-17(23)10-18(24)21(16)29-12-14-5-7-15(8-6-14)22(27)28/h2-11H,12H2,1H3,(H,27,28). The van der Waals surface area contributed by atoms with Crippen LogP contribution < -0.4 is 4.74 Å². The maximum atomic E-state index is 11.0. The second kappa shape index (κ2) is 9.57. The zero-order chi connectivity index (χ0) is 21.0. The summed E-state index contributed by atoms with van der Waals surface area (Å²) in [6.45, 7) is 2.21. The smallest absolute Gasteiger partial charge is 0.335 e. The molecule has 0 radical (unpaired) electrons. The molecule has 0 heterocycles. The van der Waals surface area contributed by atoms with Crippen LogP contribution in [0.4, 0.5) is 5.69 Å². The Bertz CT molecular complexity index is 1080. The Morgan fingerprint density at radius 1 is 1.17 bits per heavy atom. The van der Waals surface area contributed by atoms with Gasteiger partial charge >= 0.3 is 5.97 Å². The number of halogens is 3. The zero-order valence-corrected chi connectivity index (χ0v) is 19.3. The summed E-state index contributed by atoms with van der Waals surface area (Å²) in [7, 11) is 0. The van der Waals surface area contributed by atoms with Crippen molar-refractivity contribution >= 4 is 61.3 Å². The van der Waals surface area contributed by atoms with E-state index in [0.717, 1.165) is 31.3 Å². The molecule has 0 aliphatic heterocycles. The third-order valence-electron chi connectivity index (χ3n) is 4.20. The van der Waals surface area contributed by atoms with E-state index in [0.29, 0.717) is 10.8 Å². The van der Waals surface area contributed by atoms with Gasteiger partial charge in [0, 0.05) is 21.3 Å². The van der Waals surface area contributed by atoms with Gasteiger partial charge in [-0.2, -0.15) is 0 Å². The Labute approximate surface area is 190 Å². The number of hydrogen-bond acceptors (Lipinski definition) is 3. The lowest BCUT2D eigenvalue weighted by Crippen LogP contribution is -2.01. The highest BCUT2D eigenvalue weighted by Crippen LogP contribution is 2.33. The second-order valence-electron chi connectivity index (χ2n) is 6.24. The maximum Gasteiger partial charge on any atom is 0.335 e. The molecule has 0 saturated heterocycles. The highest BCUT2D eigenvalue weighted by molar-refractivity contribution is 9.11. The Balaban J connectivity index is 1.86. The molecule has 0 saturated carbocycles. The highest BCUT2D eigenvalue weighted by atomic mass is 79.9. The van der Waals surface area contributed by atoms with Crippen LogP contribution >= 0.6 is 43.5 Å². The van der Waals surface area contributed by atoms with E-state index < -0.39 is 5.97 Å². The van der Waals surface area contributed by atoms with Crippen LogP contribution in [0, 0.1) is 6.92 Å². The van der Waals surface area contributed by atoms with E-state index in [9.17, 15) is 4.79 Å². The Kier molecular flexibility index (Phi) is 7.11. The summed E-state index contributed by atoms with van der Waals surface area (Å²) in [6.07, 6.45) is 1.73. The molecule has 3 aromatic carbocycles. The summed E-state index contributed by atoms with van der Waals surface area (Å²) in [4.78, 5) is 15.6. The third kappa shape index (κ3) is 5.47. The highest BCUT2D eigenvalue weighted by Gasteiger charge is 2.11. The lowest BCUT2D eigenvalue weighted by atomic mass is 10.1. The molecular formula is C22H16Br2ClNO3. The van der Waals surface area contributed by atoms with Crippen molar-refractivity contribution < 1.29 is 14.6 Å². The molecular weight excluding hydrogens is 522 g/mol. The normalized spacial score (nSPS) is 11.0. The minimum absolute atomic E-state index is 0.239. The topological polar surface area (TPSA) is 58.9 Å². The van der Waals surface area contributed by atoms with E-state index >= 15 is 0 Å². The molecule has 148 valence electrons. The first kappa shape index (κ1) is 21.6. The van der Waals surface area contributed by atoms with Crippen molar-refractivity contribution in [2.45, 2.75) is 13.5 Å². The number of nitrogens with zero attached hydrogens (tertiary/aromatic N) is 1. The predicted octanol–water partition coefficient (Wildman–Crippen LogP) is 7.20. The average molecular weight is 538 g/mol. The minimum atomic E-state index is -0.956. The van der Waals surface area contributed by atoms with E-state index in [1.54, 1.807) is 30.5 Å². The third-order valence-corrected chi connectivity index (χ3v) is 5.66. The molecule has 0 unspecified atom stereocenters. The first-order valence-electron chi connectivity index (χ1n) is 8.58. The molecule has 7 heteroatoms. The Morgan fingerprint density at radius 3 is 2.59 bits per heavy atom. The number of ether oxygens (including phenoxy) is 1. The van der Waals surface area contributed by atoms with Crippen LogP contribution in [0.15, 0.2) is 68.5 Å². The number of hydrogen-bond donors (Lipinski definition) is 1. The molecule has 0 bridgehead atoms. The summed E-state index contributed by atoms with van der Waals surface area (Å²) >= 11 is 13.2. The summed E-state index contributed by atoms with van der Waals surface area (Å²) in [6, 6.07) is 16.0. The fraction of sp³-hybridized carbons (Fsp3) is 0.0909. The number of carboxylic acids is 1. The number of rotatable bonds is 6. The molecule has 0 fully saturated rings. The van der Waals surface area contributed by atoms with Crippen molar-refractivity contribution in [2.75, 3.05) is 0 Å². The van der Waals surface area contributed by atoms with Crippen LogP contribution in [0.25, 0.3) is 0 Å². The van der Waals surface area contributed by atoms with E-state index in [1.807, 2.05) is 37.3 Å². The van der Waals surface area contributed by atoms with Gasteiger partial charge in [-0.25, -0.2) is 4.79 Å². The molecule has 1 N–H and O–H groups in total. The SMILES string of the molecule is Cc1c(Cl)cccc1N=Cc1cc(Br)cc(Br)c1OCc1ccc(C(=O)O)cc1. The fourth-order valence-corrected chi connectivity index (χ4v) is 4.14. The first-order chi connectivity index (χ1) is 13.8. The van der Waals surface area contributed by atoms with Gasteiger partial charge in [0.2, 0.25) is 0 Å². The maximum absolute atomic E-state index is 11.0. The quantitative estimate of drug-likeness (QED) is 0.338. The summed E-state index contributed by atoms with van der Waals surface area (Å²) in [5.74, 6) is -0.318. The van der Waals surface area contributed by atoms with Crippen molar-refractivity contribution in [3.63, 3.8) is 0 Å². The number of benzene rings is 3. The second-order valence-corrected chi connectivity index (χ2v) is 8.42. The van der Waals surface area contributed by atoms with Gasteiger partial charge in [-0.1, -0.05) is 45.7 Å². The van der Waals surface area contributed by atoms with E-state index in [2.05, 4.69) is 36.9 Å². The van der Waals surface area contributed by atoms with Gasteiger partial charge < -0.3 is 9.84 Å². The van der Waals surface area contributed by atoms with Crippen molar-refractivity contribution in [1.29, 1.82) is 0 Å². The fourth-order valence-electron chi connectivity index (χ4n) is 2.60. The molecule has 4 nitrogen and oxygen atoms in total. The summed E-state index contributed by atoms with van der Waals surface area (Å²) < 4.78 is 7.68. The predicted molar refractivity (Wildman–Crippen MR) is 123 cm³/mol. The first-order valence-corrected chi connectivity index (χ1v) is 10.5. The molecule has 0 spiro atoms. The molecule has 0 aliphatic carbocycles. The van der Waals surface area contributed by atoms with Gasteiger partial charge in [0.15, 0.2) is 0 Å². The number of carboxylic acid groups (broad SMARTS) is 1. The minimum Gasteiger partial charge on any atom is -0.487 e. The van der Waals surface area contributed by atoms with Gasteiger partial charge in [0.05, 0.1) is 15.7 Å². The molecule has 0 atom stereocenters. The van der Waals surface area contributed by atoms with Crippen LogP contribution in [0.1, 0.15) is 27.0 Å². The van der Waals surface area contributed by atoms with E-state index in [1.165, 1.54) is 0 Å². The van der Waals surface area contributed by atoms with Crippen LogP contribution in [-0.4, -0.2) is 17.3 Å². The number of carbonyl (C=O) groups is 1. The van der Waals surface area contributed by atoms with Crippen molar-refractivity contribution in [3.8, 4) is 5.75 Å². The lowest BCUT2D eigenvalue weighted by molar-refractivity contribution is 0.0697. The van der Waals surface area contributed by atoms with Gasteiger partial charge in [-0.05, 0) is 70.4 Å². The Morgan fingerprint density at radius 2 is 1.90 bits per heavy atom. The molecule has 0 aliphatic rings. The van der Waals surface area contributed by atoms with Crippen molar-refractivity contribution in [1.82, 2.24) is 0 Å². The molecule has 0 aromatic heterocycles. The molecule has 0 amide bonds. The van der Waals surface area contributed by atoms with E-state index in [-0.39, 0.29) is 12.2 Å². The van der Waals surface area contributed by atoms with Crippen molar-refractivity contribution in [2.24, 2.45) is 4.99 Å². The van der Waals surface area contributed by atoms with Crippen LogP contribution in [0.3, 0.4) is 0 Å². The summed E-state index contributed by atoms with van der Waals surface area (Å²) in [5, 5.41) is 9.67. The average Bonchev–Trinajstić information content (AvgIpc) is 2.68.